The minimum atomic E-state index is -2.21. The van der Waals surface area contributed by atoms with Crippen molar-refractivity contribution in [3.05, 3.63) is 35.5 Å². The minimum absolute atomic E-state index is 0.866. The fraction of sp³-hybridized carbons (Fsp3) is 0.333. The number of fused-ring (bicyclic) bond motifs is 1. The van der Waals surface area contributed by atoms with Gasteiger partial charge in [-0.25, -0.2) is 4.21 Å². The summed E-state index contributed by atoms with van der Waals surface area (Å²) in [6.45, 7) is 2.11. The molecular weight excluding hydrogens is 206 g/mol. The highest BCUT2D eigenvalue weighted by molar-refractivity contribution is 7.93. The van der Waals surface area contributed by atoms with Crippen LogP contribution in [-0.2, 0) is 9.73 Å². The molecule has 15 heavy (non-hydrogen) atoms. The summed E-state index contributed by atoms with van der Waals surface area (Å²) < 4.78 is 16.6. The maximum absolute atomic E-state index is 12.3. The first-order chi connectivity index (χ1) is 7.13. The third kappa shape index (κ3) is 1.97. The molecule has 0 amide bonds. The average molecular weight is 221 g/mol. The predicted molar refractivity (Wildman–Crippen MR) is 64.1 cm³/mol. The van der Waals surface area contributed by atoms with Gasteiger partial charge in [0.15, 0.2) is 0 Å². The summed E-state index contributed by atoms with van der Waals surface area (Å²) in [7, 11) is -2.21. The third-order valence-corrected chi connectivity index (χ3v) is 4.22. The minimum Gasteiger partial charge on any atom is -0.245 e. The van der Waals surface area contributed by atoms with Crippen LogP contribution in [0.25, 0.3) is 6.08 Å². The molecule has 1 aliphatic heterocycles. The van der Waals surface area contributed by atoms with Crippen LogP contribution in [-0.4, -0.2) is 10.5 Å². The van der Waals surface area contributed by atoms with Crippen molar-refractivity contribution in [1.29, 1.82) is 0 Å². The zero-order valence-corrected chi connectivity index (χ0v) is 9.88. The Morgan fingerprint density at radius 3 is 2.80 bits per heavy atom. The van der Waals surface area contributed by atoms with Crippen LogP contribution >= 0.6 is 0 Å². The molecule has 2 nitrogen and oxygen atoms in total. The van der Waals surface area contributed by atoms with Crippen LogP contribution < -0.4 is 0 Å². The lowest BCUT2D eigenvalue weighted by atomic mass is 10.1. The maximum atomic E-state index is 12.3. The van der Waals surface area contributed by atoms with Crippen molar-refractivity contribution in [1.82, 2.24) is 0 Å². The first-order valence-electron chi connectivity index (χ1n) is 5.15. The van der Waals surface area contributed by atoms with Crippen LogP contribution in [0.4, 0.5) is 0 Å². The topological polar surface area (TPSA) is 29.4 Å². The zero-order valence-electron chi connectivity index (χ0n) is 9.06. The van der Waals surface area contributed by atoms with E-state index in [1.54, 1.807) is 6.26 Å². The van der Waals surface area contributed by atoms with Gasteiger partial charge in [-0.1, -0.05) is 31.5 Å². The Morgan fingerprint density at radius 1 is 1.33 bits per heavy atom. The summed E-state index contributed by atoms with van der Waals surface area (Å²) in [6.07, 6.45) is 5.70. The lowest BCUT2D eigenvalue weighted by Gasteiger charge is -2.15. The average Bonchev–Trinajstić information content (AvgIpc) is 2.17. The molecule has 0 bridgehead atoms. The van der Waals surface area contributed by atoms with Crippen molar-refractivity contribution in [2.45, 2.75) is 24.7 Å². The second-order valence-electron chi connectivity index (χ2n) is 3.82. The third-order valence-electron chi connectivity index (χ3n) is 2.45. The number of nitrogens with zero attached hydrogens (tertiary/aromatic N) is 1. The molecule has 80 valence electrons. The molecule has 0 fully saturated rings. The molecule has 0 radical (unpaired) electrons. The first kappa shape index (κ1) is 10.4. The van der Waals surface area contributed by atoms with E-state index in [1.807, 2.05) is 30.3 Å². The summed E-state index contributed by atoms with van der Waals surface area (Å²) >= 11 is 0. The molecular formula is C12H15NOS. The zero-order chi connectivity index (χ0) is 10.9. The molecule has 1 aliphatic rings. The molecule has 0 aromatic heterocycles. The lowest BCUT2D eigenvalue weighted by Crippen LogP contribution is -2.04. The van der Waals surface area contributed by atoms with E-state index in [1.165, 1.54) is 0 Å². The fourth-order valence-electron chi connectivity index (χ4n) is 1.80. The van der Waals surface area contributed by atoms with Crippen LogP contribution in [0.5, 0.6) is 0 Å². The molecule has 0 spiro atoms. The molecule has 2 rings (SSSR count). The van der Waals surface area contributed by atoms with Crippen LogP contribution in [0.1, 0.15) is 25.3 Å². The highest BCUT2D eigenvalue weighted by Gasteiger charge is 2.15. The normalized spacial score (nSPS) is 24.0. The molecule has 1 aromatic carbocycles. The number of benzene rings is 1. The molecule has 0 saturated heterocycles. The molecule has 1 aromatic rings. The van der Waals surface area contributed by atoms with Crippen molar-refractivity contribution < 1.29 is 4.21 Å². The fourth-order valence-corrected chi connectivity index (χ4v) is 3.38. The van der Waals surface area contributed by atoms with Gasteiger partial charge in [0.05, 0.1) is 20.3 Å². The van der Waals surface area contributed by atoms with Gasteiger partial charge in [-0.05, 0) is 24.1 Å². The van der Waals surface area contributed by atoms with Gasteiger partial charge in [-0.2, -0.15) is 4.36 Å². The first-order valence-corrected chi connectivity index (χ1v) is 7.07. The van der Waals surface area contributed by atoms with E-state index in [2.05, 4.69) is 11.3 Å². The van der Waals surface area contributed by atoms with E-state index < -0.39 is 9.73 Å². The van der Waals surface area contributed by atoms with E-state index >= 15 is 0 Å². The van der Waals surface area contributed by atoms with Crippen LogP contribution in [0.2, 0.25) is 0 Å². The summed E-state index contributed by atoms with van der Waals surface area (Å²) in [5, 5.41) is 0. The highest BCUT2D eigenvalue weighted by atomic mass is 32.2. The quantitative estimate of drug-likeness (QED) is 0.753. The molecule has 0 aliphatic carbocycles. The van der Waals surface area contributed by atoms with Gasteiger partial charge in [0.2, 0.25) is 0 Å². The van der Waals surface area contributed by atoms with Crippen molar-refractivity contribution in [2.75, 3.05) is 6.26 Å². The van der Waals surface area contributed by atoms with Crippen molar-refractivity contribution in [2.24, 2.45) is 4.36 Å². The summed E-state index contributed by atoms with van der Waals surface area (Å²) in [6, 6.07) is 7.79. The van der Waals surface area contributed by atoms with Crippen LogP contribution in [0.3, 0.4) is 0 Å². The second-order valence-corrected chi connectivity index (χ2v) is 6.04. The molecule has 1 heterocycles. The van der Waals surface area contributed by atoms with Crippen molar-refractivity contribution in [3.8, 4) is 0 Å². The van der Waals surface area contributed by atoms with Gasteiger partial charge in [-0.3, -0.25) is 0 Å². The predicted octanol–water partition coefficient (Wildman–Crippen LogP) is 3.30. The Balaban J connectivity index is 2.61. The molecule has 3 heteroatoms. The Morgan fingerprint density at radius 2 is 2.07 bits per heavy atom. The standard InChI is InChI=1S/C12H15NOS/c1-3-6-11-9-10-7-4-5-8-12(10)15(2,14)13-11/h4-5,7-9H,3,6H2,1-2H3. The smallest absolute Gasteiger partial charge is 0.0774 e. The number of allylic oxidation sites excluding steroid dienone is 1. The monoisotopic (exact) mass is 221 g/mol. The van der Waals surface area contributed by atoms with E-state index in [0.717, 1.165) is 29.0 Å². The van der Waals surface area contributed by atoms with Crippen molar-refractivity contribution in [3.63, 3.8) is 0 Å². The van der Waals surface area contributed by atoms with E-state index in [4.69, 9.17) is 0 Å². The van der Waals surface area contributed by atoms with Gasteiger partial charge in [0, 0.05) is 6.26 Å². The Hall–Kier alpha value is -1.09. The lowest BCUT2D eigenvalue weighted by molar-refractivity contribution is 0.679. The van der Waals surface area contributed by atoms with Crippen LogP contribution in [0.15, 0.2) is 39.2 Å². The van der Waals surface area contributed by atoms with Crippen LogP contribution in [0, 0.1) is 0 Å². The van der Waals surface area contributed by atoms with Gasteiger partial charge in [0.25, 0.3) is 0 Å². The molecule has 0 N–H and O–H groups in total. The Bertz CT molecular complexity index is 522. The van der Waals surface area contributed by atoms with E-state index in [-0.39, 0.29) is 0 Å². The molecule has 1 atom stereocenters. The number of rotatable bonds is 2. The van der Waals surface area contributed by atoms with E-state index in [9.17, 15) is 4.21 Å². The Labute approximate surface area is 91.2 Å². The van der Waals surface area contributed by atoms with Crippen molar-refractivity contribution >= 4 is 15.8 Å². The van der Waals surface area contributed by atoms with E-state index in [0.29, 0.717) is 0 Å². The number of hydrogen-bond donors (Lipinski definition) is 0. The van der Waals surface area contributed by atoms with Gasteiger partial charge in [-0.15, -0.1) is 0 Å². The van der Waals surface area contributed by atoms with Gasteiger partial charge >= 0.3 is 0 Å². The summed E-state index contributed by atoms with van der Waals surface area (Å²) in [4.78, 5) is 0.866. The Kier molecular flexibility index (Phi) is 2.65. The summed E-state index contributed by atoms with van der Waals surface area (Å²) in [5.74, 6) is 0. The molecule has 0 saturated carbocycles. The van der Waals surface area contributed by atoms with Gasteiger partial charge in [0.1, 0.15) is 0 Å². The largest absolute Gasteiger partial charge is 0.245 e. The summed E-state index contributed by atoms with van der Waals surface area (Å²) in [5.41, 5.74) is 2.02. The maximum Gasteiger partial charge on any atom is 0.0774 e. The SMILES string of the molecule is CCCC1=Cc2ccccc2S(C)(=O)=N1. The highest BCUT2D eigenvalue weighted by Crippen LogP contribution is 2.28. The number of hydrogen-bond acceptors (Lipinski definition) is 2. The molecule has 1 unspecified atom stereocenters. The second kappa shape index (κ2) is 3.81. The van der Waals surface area contributed by atoms with Gasteiger partial charge < -0.3 is 0 Å².